The number of nitrogens with two attached hydrogens (primary N) is 1. The Bertz CT molecular complexity index is 462. The maximum absolute atomic E-state index is 11.6. The van der Waals surface area contributed by atoms with Crippen molar-refractivity contribution >= 4 is 13.8 Å². The van der Waals surface area contributed by atoms with Crippen LogP contribution in [0.2, 0.25) is 0 Å². The van der Waals surface area contributed by atoms with E-state index in [0.717, 1.165) is 0 Å². The third kappa shape index (κ3) is 5.16. The molecule has 1 aliphatic heterocycles. The second-order valence-electron chi connectivity index (χ2n) is 4.85. The molecule has 13 heteroatoms. The van der Waals surface area contributed by atoms with Crippen LogP contribution in [-0.2, 0) is 23.1 Å². The van der Waals surface area contributed by atoms with E-state index in [2.05, 4.69) is 9.05 Å². The van der Waals surface area contributed by atoms with Gasteiger partial charge >= 0.3 is 13.8 Å². The Balaban J connectivity index is 2.93. The molecule has 12 nitrogen and oxygen atoms in total. The van der Waals surface area contributed by atoms with Crippen LogP contribution < -0.4 is 5.73 Å². The Morgan fingerprint density at radius 2 is 2.09 bits per heavy atom. The second-order valence-corrected chi connectivity index (χ2v) is 6.26. The third-order valence-electron chi connectivity index (χ3n) is 3.07. The third-order valence-corrected chi connectivity index (χ3v) is 4.12. The highest BCUT2D eigenvalue weighted by Gasteiger charge is 2.53. The van der Waals surface area contributed by atoms with Crippen LogP contribution >= 0.6 is 7.82 Å². The fourth-order valence-electron chi connectivity index (χ4n) is 1.97. The molecule has 6 atom stereocenters. The summed E-state index contributed by atoms with van der Waals surface area (Å²) in [4.78, 5) is 20.4. The molecule has 6 unspecified atom stereocenters. The number of carbonyl (C=O) groups is 1. The van der Waals surface area contributed by atoms with Gasteiger partial charge in [-0.05, 0) is 0 Å². The monoisotopic (exact) mass is 361 g/mol. The minimum Gasteiger partial charge on any atom is -0.477 e. The van der Waals surface area contributed by atoms with Crippen LogP contribution in [0.4, 0.5) is 0 Å². The number of aliphatic carboxylic acids is 1. The van der Waals surface area contributed by atoms with Gasteiger partial charge in [0.15, 0.2) is 0 Å². The minimum atomic E-state index is -4.70. The summed E-state index contributed by atoms with van der Waals surface area (Å²) in [6, 6.07) is 0. The van der Waals surface area contributed by atoms with E-state index in [1.54, 1.807) is 0 Å². The Labute approximate surface area is 130 Å². The summed E-state index contributed by atoms with van der Waals surface area (Å²) in [5, 5.41) is 47.4. The van der Waals surface area contributed by atoms with Crippen LogP contribution in [0.5, 0.6) is 0 Å². The van der Waals surface area contributed by atoms with Crippen molar-refractivity contribution in [2.75, 3.05) is 19.8 Å². The summed E-state index contributed by atoms with van der Waals surface area (Å²) in [5.74, 6) is -4.71. The lowest BCUT2D eigenvalue weighted by atomic mass is 9.93. The molecule has 8 N–H and O–H groups in total. The van der Waals surface area contributed by atoms with Gasteiger partial charge in [0, 0.05) is 13.0 Å². The number of carboxylic acid groups (broad SMARTS) is 1. The first-order valence-electron chi connectivity index (χ1n) is 6.52. The zero-order valence-electron chi connectivity index (χ0n) is 11.9. The van der Waals surface area contributed by atoms with Gasteiger partial charge in [0.05, 0.1) is 19.3 Å². The number of ether oxygens (including phenoxy) is 1. The van der Waals surface area contributed by atoms with E-state index in [-0.39, 0.29) is 13.2 Å². The summed E-state index contributed by atoms with van der Waals surface area (Å²) < 4.78 is 25.4. The number of hydrogen-bond donors (Lipinski definition) is 7. The summed E-state index contributed by atoms with van der Waals surface area (Å²) >= 11 is 0. The van der Waals surface area contributed by atoms with Crippen molar-refractivity contribution < 1.29 is 53.6 Å². The molecule has 1 saturated heterocycles. The average molecular weight is 361 g/mol. The lowest BCUT2D eigenvalue weighted by Gasteiger charge is -2.42. The van der Waals surface area contributed by atoms with Crippen molar-refractivity contribution in [3.8, 4) is 0 Å². The molecule has 23 heavy (non-hydrogen) atoms. The van der Waals surface area contributed by atoms with Gasteiger partial charge in [-0.25, -0.2) is 9.36 Å². The summed E-state index contributed by atoms with van der Waals surface area (Å²) in [7, 11) is -4.70. The van der Waals surface area contributed by atoms with Crippen molar-refractivity contribution in [3.63, 3.8) is 0 Å². The fraction of sp³-hybridized carbons (Fsp3) is 0.900. The first-order chi connectivity index (χ1) is 10.6. The van der Waals surface area contributed by atoms with Crippen LogP contribution in [0.25, 0.3) is 0 Å². The standard InChI is InChI=1S/C10H20NO11P/c11-1-2-20-23(18,19)22-6(4-12)8-7(14)5(13)3-10(17,21-8)9(15)16/h5-8,12-14,17H,1-4,11H2,(H,15,16)(H,18,19). The number of rotatable bonds is 8. The van der Waals surface area contributed by atoms with E-state index in [0.29, 0.717) is 0 Å². The topological polar surface area (TPSA) is 209 Å². The first kappa shape index (κ1) is 20.4. The number of hydrogen-bond acceptors (Lipinski definition) is 10. The Kier molecular flexibility index (Phi) is 7.04. The maximum Gasteiger partial charge on any atom is 0.472 e. The van der Waals surface area contributed by atoms with Crippen molar-refractivity contribution in [1.29, 1.82) is 0 Å². The highest BCUT2D eigenvalue weighted by atomic mass is 31.2. The molecule has 0 amide bonds. The number of carboxylic acids is 1. The maximum atomic E-state index is 11.6. The molecule has 1 heterocycles. The smallest absolute Gasteiger partial charge is 0.472 e. The molecule has 0 bridgehead atoms. The van der Waals surface area contributed by atoms with Crippen LogP contribution in [-0.4, -0.2) is 86.4 Å². The molecule has 1 rings (SSSR count). The van der Waals surface area contributed by atoms with E-state index < -0.39 is 57.0 Å². The molecule has 0 aliphatic carbocycles. The molecule has 1 aliphatic rings. The van der Waals surface area contributed by atoms with E-state index in [1.165, 1.54) is 0 Å². The largest absolute Gasteiger partial charge is 0.477 e. The average Bonchev–Trinajstić information content (AvgIpc) is 2.46. The predicted molar refractivity (Wildman–Crippen MR) is 70.9 cm³/mol. The van der Waals surface area contributed by atoms with Gasteiger partial charge in [-0.15, -0.1) is 0 Å². The lowest BCUT2D eigenvalue weighted by molar-refractivity contribution is -0.307. The van der Waals surface area contributed by atoms with Crippen molar-refractivity contribution in [2.45, 2.75) is 36.6 Å². The molecule has 0 aromatic heterocycles. The molecular weight excluding hydrogens is 341 g/mol. The molecular formula is C10H20NO11P. The highest BCUT2D eigenvalue weighted by Crippen LogP contribution is 2.46. The fourth-order valence-corrected chi connectivity index (χ4v) is 2.89. The van der Waals surface area contributed by atoms with E-state index in [9.17, 15) is 34.7 Å². The lowest BCUT2D eigenvalue weighted by Crippen LogP contribution is -2.62. The van der Waals surface area contributed by atoms with Gasteiger partial charge in [-0.2, -0.15) is 0 Å². The van der Waals surface area contributed by atoms with Crippen LogP contribution in [0, 0.1) is 0 Å². The van der Waals surface area contributed by atoms with Crippen LogP contribution in [0.3, 0.4) is 0 Å². The zero-order valence-corrected chi connectivity index (χ0v) is 12.8. The van der Waals surface area contributed by atoms with Gasteiger partial charge < -0.3 is 40.9 Å². The normalized spacial score (nSPS) is 35.5. The first-order valence-corrected chi connectivity index (χ1v) is 8.02. The number of aliphatic hydroxyl groups is 4. The Morgan fingerprint density at radius 1 is 1.48 bits per heavy atom. The van der Waals surface area contributed by atoms with Crippen molar-refractivity contribution in [1.82, 2.24) is 0 Å². The molecule has 0 spiro atoms. The van der Waals surface area contributed by atoms with Crippen molar-refractivity contribution in [2.24, 2.45) is 5.73 Å². The predicted octanol–water partition coefficient (Wildman–Crippen LogP) is -3.28. The van der Waals surface area contributed by atoms with Crippen molar-refractivity contribution in [3.05, 3.63) is 0 Å². The van der Waals surface area contributed by atoms with Gasteiger partial charge in [0.25, 0.3) is 5.79 Å². The number of phosphoric acid groups is 1. The summed E-state index contributed by atoms with van der Waals surface area (Å²) in [6.07, 6.45) is -7.96. The quantitative estimate of drug-likeness (QED) is 0.212. The van der Waals surface area contributed by atoms with E-state index in [4.69, 9.17) is 15.6 Å². The molecule has 0 radical (unpaired) electrons. The molecule has 1 fully saturated rings. The second kappa shape index (κ2) is 7.94. The zero-order chi connectivity index (χ0) is 17.8. The van der Waals surface area contributed by atoms with E-state index >= 15 is 0 Å². The van der Waals surface area contributed by atoms with E-state index in [1.807, 2.05) is 0 Å². The molecule has 0 saturated carbocycles. The van der Waals surface area contributed by atoms with Gasteiger partial charge in [0.2, 0.25) is 0 Å². The summed E-state index contributed by atoms with van der Waals surface area (Å²) in [5.41, 5.74) is 5.09. The number of aliphatic hydroxyl groups excluding tert-OH is 3. The Hall–Kier alpha value is -0.660. The molecule has 136 valence electrons. The molecule has 0 aromatic carbocycles. The van der Waals surface area contributed by atoms with Crippen LogP contribution in [0.15, 0.2) is 0 Å². The summed E-state index contributed by atoms with van der Waals surface area (Å²) in [6.45, 7) is -1.44. The Morgan fingerprint density at radius 3 is 2.57 bits per heavy atom. The highest BCUT2D eigenvalue weighted by molar-refractivity contribution is 7.47. The number of phosphoric ester groups is 1. The minimum absolute atomic E-state index is 0.0995. The van der Waals surface area contributed by atoms with Gasteiger partial charge in [-0.1, -0.05) is 0 Å². The van der Waals surface area contributed by atoms with Gasteiger partial charge in [-0.3, -0.25) is 9.05 Å². The van der Waals surface area contributed by atoms with Gasteiger partial charge in [0.1, 0.15) is 18.3 Å². The molecule has 0 aromatic rings. The SMILES string of the molecule is NCCOP(=O)(O)OC(CO)C1OC(O)(C(=O)O)CC(O)C1O. The van der Waals surface area contributed by atoms with Crippen LogP contribution in [0.1, 0.15) is 6.42 Å².